The van der Waals surface area contributed by atoms with Gasteiger partial charge in [0.2, 0.25) is 0 Å². The normalized spacial score (nSPS) is 11.6. The van der Waals surface area contributed by atoms with Crippen LogP contribution in [0.3, 0.4) is 0 Å². The summed E-state index contributed by atoms with van der Waals surface area (Å²) in [7, 11) is -4.61. The fraction of sp³-hybridized carbons (Fsp3) is 0. The summed E-state index contributed by atoms with van der Waals surface area (Å²) in [5.74, 6) is -1.94. The fourth-order valence-corrected chi connectivity index (χ4v) is 2.63. The van der Waals surface area contributed by atoms with Crippen LogP contribution in [0.4, 0.5) is 5.69 Å². The number of anilines is 1. The number of rotatable bonds is 2. The molecule has 2 rings (SSSR count). The summed E-state index contributed by atoms with van der Waals surface area (Å²) in [5, 5.41) is 18.6. The molecule has 0 saturated heterocycles. The number of hydrogen-bond acceptors (Lipinski definition) is 5. The van der Waals surface area contributed by atoms with Gasteiger partial charge in [-0.15, -0.1) is 0 Å². The number of carboxylic acids is 1. The first-order valence-corrected chi connectivity index (χ1v) is 6.42. The van der Waals surface area contributed by atoms with Gasteiger partial charge >= 0.3 is 5.97 Å². The standard InChI is InChI=1S/C11H9NO6S/c12-8-2-1-5-3-9(13)7(11(14)15)4-6(5)10(8)19(16,17)18/h1-4,13H,12H2,(H,14,15)(H,16,17,18). The van der Waals surface area contributed by atoms with Crippen molar-refractivity contribution in [3.05, 3.63) is 29.8 Å². The predicted molar refractivity (Wildman–Crippen MR) is 66.8 cm³/mol. The molecule has 19 heavy (non-hydrogen) atoms. The van der Waals surface area contributed by atoms with E-state index < -0.39 is 32.3 Å². The Morgan fingerprint density at radius 1 is 1.21 bits per heavy atom. The molecule has 0 aromatic heterocycles. The molecule has 0 radical (unpaired) electrons. The first-order chi connectivity index (χ1) is 8.71. The number of nitrogen functional groups attached to an aromatic ring is 1. The number of carbonyl (C=O) groups is 1. The van der Waals surface area contributed by atoms with Crippen molar-refractivity contribution in [2.24, 2.45) is 0 Å². The third-order valence-corrected chi connectivity index (χ3v) is 3.58. The summed E-state index contributed by atoms with van der Waals surface area (Å²) in [5.41, 5.74) is 4.79. The van der Waals surface area contributed by atoms with Crippen LogP contribution in [0, 0.1) is 0 Å². The monoisotopic (exact) mass is 283 g/mol. The number of aromatic hydroxyl groups is 1. The van der Waals surface area contributed by atoms with E-state index in [0.29, 0.717) is 0 Å². The van der Waals surface area contributed by atoms with Gasteiger partial charge in [0.05, 0.1) is 5.69 Å². The second kappa shape index (κ2) is 4.11. The van der Waals surface area contributed by atoms with Gasteiger partial charge in [-0.1, -0.05) is 6.07 Å². The van der Waals surface area contributed by atoms with E-state index in [1.807, 2.05) is 0 Å². The highest BCUT2D eigenvalue weighted by atomic mass is 32.2. The van der Waals surface area contributed by atoms with Gasteiger partial charge in [-0.05, 0) is 23.6 Å². The van der Waals surface area contributed by atoms with E-state index in [1.54, 1.807) is 0 Å². The van der Waals surface area contributed by atoms with Crippen LogP contribution in [0.25, 0.3) is 10.8 Å². The Hall–Kier alpha value is -2.32. The van der Waals surface area contributed by atoms with E-state index >= 15 is 0 Å². The molecule has 2 aromatic rings. The first kappa shape index (κ1) is 13.1. The van der Waals surface area contributed by atoms with E-state index in [-0.39, 0.29) is 16.5 Å². The molecule has 0 aliphatic heterocycles. The second-order valence-electron chi connectivity index (χ2n) is 3.85. The van der Waals surface area contributed by atoms with Gasteiger partial charge in [0.1, 0.15) is 16.2 Å². The number of benzene rings is 2. The average molecular weight is 283 g/mol. The Morgan fingerprint density at radius 3 is 2.37 bits per heavy atom. The van der Waals surface area contributed by atoms with Crippen LogP contribution in [0.5, 0.6) is 5.75 Å². The van der Waals surface area contributed by atoms with Crippen LogP contribution in [-0.2, 0) is 10.1 Å². The largest absolute Gasteiger partial charge is 0.507 e. The highest BCUT2D eigenvalue weighted by Crippen LogP contribution is 2.32. The van der Waals surface area contributed by atoms with Gasteiger partial charge in [-0.2, -0.15) is 8.42 Å². The summed E-state index contributed by atoms with van der Waals surface area (Å²) in [6.45, 7) is 0. The fourth-order valence-electron chi connectivity index (χ4n) is 1.81. The molecule has 8 heteroatoms. The zero-order valence-corrected chi connectivity index (χ0v) is 10.2. The maximum absolute atomic E-state index is 11.3. The molecule has 0 heterocycles. The van der Waals surface area contributed by atoms with Crippen LogP contribution >= 0.6 is 0 Å². The van der Waals surface area contributed by atoms with Gasteiger partial charge in [0.15, 0.2) is 0 Å². The first-order valence-electron chi connectivity index (χ1n) is 4.98. The van der Waals surface area contributed by atoms with Crippen LogP contribution in [0.1, 0.15) is 10.4 Å². The van der Waals surface area contributed by atoms with Gasteiger partial charge in [0.25, 0.3) is 10.1 Å². The maximum atomic E-state index is 11.3. The third-order valence-electron chi connectivity index (χ3n) is 2.61. The molecule has 0 saturated carbocycles. The summed E-state index contributed by atoms with van der Waals surface area (Å²) >= 11 is 0. The predicted octanol–water partition coefficient (Wildman–Crippen LogP) is 1.07. The summed E-state index contributed by atoms with van der Waals surface area (Å²) in [6.07, 6.45) is 0. The van der Waals surface area contributed by atoms with Gasteiger partial charge in [0, 0.05) is 5.39 Å². The second-order valence-corrected chi connectivity index (χ2v) is 5.21. The number of fused-ring (bicyclic) bond motifs is 1. The lowest BCUT2D eigenvalue weighted by atomic mass is 10.1. The van der Waals surface area contributed by atoms with Gasteiger partial charge < -0.3 is 15.9 Å². The minimum absolute atomic E-state index is 0.0716. The number of phenols is 1. The molecule has 2 aromatic carbocycles. The Labute approximate surface area is 107 Å². The molecular formula is C11H9NO6S. The van der Waals surface area contributed by atoms with Crippen molar-refractivity contribution in [2.45, 2.75) is 4.90 Å². The summed E-state index contributed by atoms with van der Waals surface area (Å²) < 4.78 is 31.7. The zero-order chi connectivity index (χ0) is 14.4. The molecule has 5 N–H and O–H groups in total. The summed E-state index contributed by atoms with van der Waals surface area (Å²) in [6, 6.07) is 4.69. The van der Waals surface area contributed by atoms with Crippen LogP contribution in [0.2, 0.25) is 0 Å². The van der Waals surface area contributed by atoms with Crippen molar-refractivity contribution in [1.82, 2.24) is 0 Å². The Morgan fingerprint density at radius 2 is 1.84 bits per heavy atom. The highest BCUT2D eigenvalue weighted by molar-refractivity contribution is 7.86. The van der Waals surface area contributed by atoms with Crippen molar-refractivity contribution in [1.29, 1.82) is 0 Å². The number of hydrogen-bond donors (Lipinski definition) is 4. The van der Waals surface area contributed by atoms with Crippen molar-refractivity contribution in [2.75, 3.05) is 5.73 Å². The van der Waals surface area contributed by atoms with E-state index in [0.717, 1.165) is 12.1 Å². The van der Waals surface area contributed by atoms with E-state index in [1.165, 1.54) is 12.1 Å². The molecule has 0 unspecified atom stereocenters. The quantitative estimate of drug-likeness (QED) is 0.477. The lowest BCUT2D eigenvalue weighted by Gasteiger charge is -2.09. The van der Waals surface area contributed by atoms with E-state index in [2.05, 4.69) is 0 Å². The summed E-state index contributed by atoms with van der Waals surface area (Å²) in [4.78, 5) is 10.3. The topological polar surface area (TPSA) is 138 Å². The van der Waals surface area contributed by atoms with E-state index in [4.69, 9.17) is 15.4 Å². The Kier molecular flexibility index (Phi) is 2.84. The van der Waals surface area contributed by atoms with Gasteiger partial charge in [-0.25, -0.2) is 4.79 Å². The van der Waals surface area contributed by atoms with Crippen LogP contribution in [0.15, 0.2) is 29.2 Å². The minimum atomic E-state index is -4.61. The molecule has 0 aliphatic rings. The molecule has 0 bridgehead atoms. The molecule has 0 aliphatic carbocycles. The highest BCUT2D eigenvalue weighted by Gasteiger charge is 2.20. The maximum Gasteiger partial charge on any atom is 0.339 e. The average Bonchev–Trinajstić information content (AvgIpc) is 2.26. The molecule has 0 atom stereocenters. The molecule has 100 valence electrons. The molecular weight excluding hydrogens is 274 g/mol. The van der Waals surface area contributed by atoms with Crippen LogP contribution < -0.4 is 5.73 Å². The lowest BCUT2D eigenvalue weighted by Crippen LogP contribution is -2.05. The number of aromatic carboxylic acids is 1. The smallest absolute Gasteiger partial charge is 0.339 e. The molecule has 0 spiro atoms. The molecule has 0 fully saturated rings. The lowest BCUT2D eigenvalue weighted by molar-refractivity contribution is 0.0694. The van der Waals surface area contributed by atoms with Gasteiger partial charge in [-0.3, -0.25) is 4.55 Å². The Bertz CT molecular complexity index is 796. The molecule has 7 nitrogen and oxygen atoms in total. The van der Waals surface area contributed by atoms with Crippen molar-refractivity contribution < 1.29 is 28.0 Å². The van der Waals surface area contributed by atoms with Crippen molar-refractivity contribution in [3.63, 3.8) is 0 Å². The minimum Gasteiger partial charge on any atom is -0.507 e. The van der Waals surface area contributed by atoms with Crippen molar-refractivity contribution in [3.8, 4) is 5.75 Å². The number of carboxylic acid groups (broad SMARTS) is 1. The Balaban J connectivity index is 3.00. The zero-order valence-electron chi connectivity index (χ0n) is 9.36. The SMILES string of the molecule is Nc1ccc2cc(O)c(C(=O)O)cc2c1S(=O)(=O)O. The van der Waals surface area contributed by atoms with Crippen LogP contribution in [-0.4, -0.2) is 29.2 Å². The number of nitrogens with two attached hydrogens (primary N) is 1. The van der Waals surface area contributed by atoms with Crippen molar-refractivity contribution >= 4 is 32.5 Å². The molecule has 0 amide bonds. The third kappa shape index (κ3) is 2.18. The van der Waals surface area contributed by atoms with E-state index in [9.17, 15) is 18.3 Å².